The maximum Gasteiger partial charge on any atom is 0.319 e. The van der Waals surface area contributed by atoms with E-state index in [4.69, 9.17) is 11.2 Å². The van der Waals surface area contributed by atoms with Gasteiger partial charge in [-0.3, -0.25) is 5.10 Å². The van der Waals surface area contributed by atoms with Gasteiger partial charge in [-0.2, -0.15) is 5.10 Å². The van der Waals surface area contributed by atoms with Crippen LogP contribution < -0.4 is 15.4 Å². The molecule has 3 N–H and O–H groups in total. The van der Waals surface area contributed by atoms with Crippen LogP contribution in [0, 0.1) is 19.3 Å². The number of aromatic amines is 1. The Morgan fingerprint density at radius 1 is 1.48 bits per heavy atom. The predicted octanol–water partition coefficient (Wildman–Crippen LogP) is 2.48. The maximum absolute atomic E-state index is 12.0. The Kier molecular flexibility index (Phi) is 5.64. The number of rotatable bonds is 6. The standard InChI is InChI=1S/C17H20N4O2/c1-4-8-23-16-7-5-6-14(11-16)19-17(22)18-12(2)9-15-10-13(3)20-21-15/h1,5-7,10-12H,8-9H2,2-3H3,(H,20,21)(H2,18,19,22)/t12-/m1/s1. The van der Waals surface area contributed by atoms with Crippen molar-refractivity contribution < 1.29 is 9.53 Å². The molecule has 120 valence electrons. The number of benzene rings is 1. The van der Waals surface area contributed by atoms with Gasteiger partial charge in [0.05, 0.1) is 5.69 Å². The van der Waals surface area contributed by atoms with Gasteiger partial charge in [0.25, 0.3) is 0 Å². The molecule has 0 saturated heterocycles. The van der Waals surface area contributed by atoms with E-state index in [1.54, 1.807) is 24.3 Å². The van der Waals surface area contributed by atoms with Gasteiger partial charge in [-0.15, -0.1) is 6.42 Å². The van der Waals surface area contributed by atoms with E-state index in [9.17, 15) is 4.79 Å². The van der Waals surface area contributed by atoms with Crippen LogP contribution >= 0.6 is 0 Å². The fourth-order valence-electron chi connectivity index (χ4n) is 2.12. The van der Waals surface area contributed by atoms with Crippen molar-refractivity contribution in [2.75, 3.05) is 11.9 Å². The topological polar surface area (TPSA) is 79.0 Å². The SMILES string of the molecule is C#CCOc1cccc(NC(=O)N[C@H](C)Cc2cc(C)[nH]n2)c1. The minimum atomic E-state index is -0.279. The van der Waals surface area contributed by atoms with Crippen LogP contribution in [-0.4, -0.2) is 28.9 Å². The lowest BCUT2D eigenvalue weighted by Crippen LogP contribution is -2.37. The smallest absolute Gasteiger partial charge is 0.319 e. The average molecular weight is 312 g/mol. The zero-order chi connectivity index (χ0) is 16.7. The number of terminal acetylenes is 1. The molecular formula is C17H20N4O2. The van der Waals surface area contributed by atoms with Crippen molar-refractivity contribution in [2.45, 2.75) is 26.3 Å². The molecule has 6 nitrogen and oxygen atoms in total. The molecule has 0 aliphatic rings. The Labute approximate surface area is 135 Å². The van der Waals surface area contributed by atoms with Gasteiger partial charge in [0.15, 0.2) is 0 Å². The highest BCUT2D eigenvalue weighted by Gasteiger charge is 2.10. The van der Waals surface area contributed by atoms with Gasteiger partial charge in [0.2, 0.25) is 0 Å². The van der Waals surface area contributed by atoms with Crippen molar-refractivity contribution in [1.82, 2.24) is 15.5 Å². The second-order valence-electron chi connectivity index (χ2n) is 5.27. The molecular weight excluding hydrogens is 292 g/mol. The summed E-state index contributed by atoms with van der Waals surface area (Å²) in [6.45, 7) is 4.06. The molecule has 6 heteroatoms. The number of carbonyl (C=O) groups is 1. The second kappa shape index (κ2) is 7.90. The fraction of sp³-hybridized carbons (Fsp3) is 0.294. The van der Waals surface area contributed by atoms with Gasteiger partial charge in [-0.25, -0.2) is 4.79 Å². The lowest BCUT2D eigenvalue weighted by atomic mass is 10.2. The molecule has 0 spiro atoms. The van der Waals surface area contributed by atoms with Crippen molar-refractivity contribution in [3.05, 3.63) is 41.7 Å². The molecule has 1 aromatic heterocycles. The van der Waals surface area contributed by atoms with Gasteiger partial charge in [-0.1, -0.05) is 12.0 Å². The monoisotopic (exact) mass is 312 g/mol. The van der Waals surface area contributed by atoms with E-state index < -0.39 is 0 Å². The highest BCUT2D eigenvalue weighted by atomic mass is 16.5. The molecule has 1 heterocycles. The van der Waals surface area contributed by atoms with Gasteiger partial charge < -0.3 is 15.4 Å². The number of H-pyrrole nitrogens is 1. The lowest BCUT2D eigenvalue weighted by Gasteiger charge is -2.14. The van der Waals surface area contributed by atoms with Crippen LogP contribution in [0.15, 0.2) is 30.3 Å². The van der Waals surface area contributed by atoms with Crippen molar-refractivity contribution in [3.8, 4) is 18.1 Å². The Morgan fingerprint density at radius 3 is 3.00 bits per heavy atom. The highest BCUT2D eigenvalue weighted by Crippen LogP contribution is 2.17. The molecule has 0 unspecified atom stereocenters. The number of nitrogens with zero attached hydrogens (tertiary/aromatic N) is 1. The van der Waals surface area contributed by atoms with Crippen LogP contribution in [0.25, 0.3) is 0 Å². The minimum absolute atomic E-state index is 0.0430. The van der Waals surface area contributed by atoms with Gasteiger partial charge in [0.1, 0.15) is 12.4 Å². The number of anilines is 1. The predicted molar refractivity (Wildman–Crippen MR) is 89.4 cm³/mol. The molecule has 0 bridgehead atoms. The Morgan fingerprint density at radius 2 is 2.30 bits per heavy atom. The molecule has 0 fully saturated rings. The van der Waals surface area contributed by atoms with Crippen molar-refractivity contribution in [2.24, 2.45) is 0 Å². The molecule has 2 amide bonds. The number of ether oxygens (including phenoxy) is 1. The van der Waals surface area contributed by atoms with Gasteiger partial charge in [0, 0.05) is 29.9 Å². The van der Waals surface area contributed by atoms with Gasteiger partial charge >= 0.3 is 6.03 Å². The first-order valence-corrected chi connectivity index (χ1v) is 7.31. The van der Waals surface area contributed by atoms with Crippen LogP contribution in [0.2, 0.25) is 0 Å². The summed E-state index contributed by atoms with van der Waals surface area (Å²) in [7, 11) is 0. The summed E-state index contributed by atoms with van der Waals surface area (Å²) >= 11 is 0. The molecule has 0 aliphatic carbocycles. The number of amides is 2. The number of urea groups is 1. The van der Waals surface area contributed by atoms with E-state index in [0.29, 0.717) is 17.9 Å². The molecule has 0 aliphatic heterocycles. The molecule has 2 rings (SSSR count). The van der Waals surface area contributed by atoms with Crippen LogP contribution in [-0.2, 0) is 6.42 Å². The normalized spacial score (nSPS) is 11.3. The summed E-state index contributed by atoms with van der Waals surface area (Å²) in [5, 5.41) is 12.7. The van der Waals surface area contributed by atoms with E-state index in [0.717, 1.165) is 11.4 Å². The van der Waals surface area contributed by atoms with E-state index in [1.165, 1.54) is 0 Å². The number of hydrogen-bond donors (Lipinski definition) is 3. The van der Waals surface area contributed by atoms with Gasteiger partial charge in [-0.05, 0) is 32.0 Å². The Bertz CT molecular complexity index is 703. The van der Waals surface area contributed by atoms with E-state index in [-0.39, 0.29) is 18.7 Å². The molecule has 2 aromatic rings. The zero-order valence-electron chi connectivity index (χ0n) is 13.2. The number of hydrogen-bond acceptors (Lipinski definition) is 3. The van der Waals surface area contributed by atoms with Crippen LogP contribution in [0.5, 0.6) is 5.75 Å². The quantitative estimate of drug-likeness (QED) is 0.717. The van der Waals surface area contributed by atoms with Crippen LogP contribution in [0.4, 0.5) is 10.5 Å². The van der Waals surface area contributed by atoms with Crippen molar-refractivity contribution in [1.29, 1.82) is 0 Å². The zero-order valence-corrected chi connectivity index (χ0v) is 13.2. The first kappa shape index (κ1) is 16.4. The number of nitrogens with one attached hydrogen (secondary N) is 3. The van der Waals surface area contributed by atoms with Crippen LogP contribution in [0.1, 0.15) is 18.3 Å². The third kappa shape index (κ3) is 5.40. The number of aryl methyl sites for hydroxylation is 1. The summed E-state index contributed by atoms with van der Waals surface area (Å²) in [4.78, 5) is 12.0. The molecule has 23 heavy (non-hydrogen) atoms. The summed E-state index contributed by atoms with van der Waals surface area (Å²) in [6, 6.07) is 8.71. The Hall–Kier alpha value is -2.94. The Balaban J connectivity index is 1.85. The highest BCUT2D eigenvalue weighted by molar-refractivity contribution is 5.89. The third-order valence-corrected chi connectivity index (χ3v) is 3.07. The van der Waals surface area contributed by atoms with E-state index in [2.05, 4.69) is 26.8 Å². The summed E-state index contributed by atoms with van der Waals surface area (Å²) in [6.07, 6.45) is 5.81. The molecule has 1 atom stereocenters. The third-order valence-electron chi connectivity index (χ3n) is 3.07. The lowest BCUT2D eigenvalue weighted by molar-refractivity contribution is 0.249. The molecule has 0 radical (unpaired) electrons. The van der Waals surface area contributed by atoms with Crippen LogP contribution in [0.3, 0.4) is 0 Å². The average Bonchev–Trinajstić information content (AvgIpc) is 2.90. The molecule has 1 aromatic carbocycles. The fourth-order valence-corrected chi connectivity index (χ4v) is 2.12. The molecule has 0 saturated carbocycles. The van der Waals surface area contributed by atoms with Crippen molar-refractivity contribution >= 4 is 11.7 Å². The first-order valence-electron chi connectivity index (χ1n) is 7.31. The maximum atomic E-state index is 12.0. The second-order valence-corrected chi connectivity index (χ2v) is 5.27. The van der Waals surface area contributed by atoms with Crippen molar-refractivity contribution in [3.63, 3.8) is 0 Å². The minimum Gasteiger partial charge on any atom is -0.481 e. The summed E-state index contributed by atoms with van der Waals surface area (Å²) in [5.74, 6) is 3.01. The largest absolute Gasteiger partial charge is 0.481 e. The number of aromatic nitrogens is 2. The summed E-state index contributed by atoms with van der Waals surface area (Å²) in [5.41, 5.74) is 2.56. The number of carbonyl (C=O) groups excluding carboxylic acids is 1. The van der Waals surface area contributed by atoms with E-state index in [1.807, 2.05) is 19.9 Å². The summed E-state index contributed by atoms with van der Waals surface area (Å²) < 4.78 is 5.32. The van der Waals surface area contributed by atoms with E-state index >= 15 is 0 Å². The first-order chi connectivity index (χ1) is 11.1.